The van der Waals surface area contributed by atoms with Crippen LogP contribution in [0.15, 0.2) is 54.0 Å². The molecule has 1 aliphatic rings. The van der Waals surface area contributed by atoms with Crippen LogP contribution in [0.1, 0.15) is 29.4 Å². The van der Waals surface area contributed by atoms with Crippen LogP contribution in [0.3, 0.4) is 0 Å². The van der Waals surface area contributed by atoms with E-state index in [0.717, 1.165) is 42.2 Å². The first kappa shape index (κ1) is 19.7. The molecule has 29 heavy (non-hydrogen) atoms. The molecule has 1 aliphatic heterocycles. The second kappa shape index (κ2) is 8.80. The van der Waals surface area contributed by atoms with Crippen molar-refractivity contribution in [3.8, 4) is 11.4 Å². The number of piperidine rings is 1. The van der Waals surface area contributed by atoms with Crippen LogP contribution in [0.2, 0.25) is 0 Å². The summed E-state index contributed by atoms with van der Waals surface area (Å²) in [7, 11) is 2.13. The molecular weight excluding hydrogens is 384 g/mol. The van der Waals surface area contributed by atoms with Gasteiger partial charge in [0.2, 0.25) is 0 Å². The van der Waals surface area contributed by atoms with E-state index in [9.17, 15) is 4.79 Å². The van der Waals surface area contributed by atoms with Crippen molar-refractivity contribution in [2.75, 3.05) is 31.6 Å². The fourth-order valence-electron chi connectivity index (χ4n) is 3.70. The molecule has 1 amide bonds. The third kappa shape index (κ3) is 4.36. The minimum Gasteiger partial charge on any atom is -0.494 e. The Labute approximate surface area is 175 Å². The van der Waals surface area contributed by atoms with Crippen LogP contribution < -0.4 is 9.64 Å². The second-order valence-electron chi connectivity index (χ2n) is 7.24. The zero-order valence-electron chi connectivity index (χ0n) is 16.8. The number of aromatic nitrogens is 2. The predicted octanol–water partition coefficient (Wildman–Crippen LogP) is 4.07. The Balaban J connectivity index is 1.65. The minimum atomic E-state index is 0.0304. The van der Waals surface area contributed by atoms with Gasteiger partial charge in [-0.15, -0.1) is 16.4 Å². The number of amides is 1. The highest BCUT2D eigenvalue weighted by molar-refractivity contribution is 7.12. The summed E-state index contributed by atoms with van der Waals surface area (Å²) < 4.78 is 7.41. The molecule has 1 fully saturated rings. The minimum absolute atomic E-state index is 0.0304. The van der Waals surface area contributed by atoms with Crippen molar-refractivity contribution >= 4 is 23.1 Å². The number of hydrogen-bond donors (Lipinski definition) is 0. The van der Waals surface area contributed by atoms with Gasteiger partial charge < -0.3 is 9.64 Å². The lowest BCUT2D eigenvalue weighted by molar-refractivity contribution is 0.0966. The standard InChI is InChI=1S/C22H26N4O2S/c1-3-28-19-7-4-6-18(16-19)25-14-11-21(23-25)26(17-9-12-24(2)13-10-17)22(27)20-8-5-15-29-20/h4-8,11,14-17H,3,9-10,12-13H2,1-2H3. The molecular formula is C22H26N4O2S. The zero-order chi connectivity index (χ0) is 20.2. The molecule has 1 aromatic carbocycles. The van der Waals surface area contributed by atoms with E-state index in [4.69, 9.17) is 9.84 Å². The quantitative estimate of drug-likeness (QED) is 0.615. The molecule has 4 rings (SSSR count). The van der Waals surface area contributed by atoms with Gasteiger partial charge in [0.1, 0.15) is 5.75 Å². The number of carbonyl (C=O) groups is 1. The van der Waals surface area contributed by atoms with Crippen molar-refractivity contribution in [1.29, 1.82) is 0 Å². The Morgan fingerprint density at radius 1 is 1.24 bits per heavy atom. The van der Waals surface area contributed by atoms with Crippen molar-refractivity contribution in [1.82, 2.24) is 14.7 Å². The summed E-state index contributed by atoms with van der Waals surface area (Å²) >= 11 is 1.48. The van der Waals surface area contributed by atoms with Gasteiger partial charge in [0.05, 0.1) is 17.2 Å². The molecule has 152 valence electrons. The van der Waals surface area contributed by atoms with Gasteiger partial charge in [-0.1, -0.05) is 12.1 Å². The number of ether oxygens (including phenoxy) is 1. The van der Waals surface area contributed by atoms with E-state index in [-0.39, 0.29) is 11.9 Å². The molecule has 7 heteroatoms. The predicted molar refractivity (Wildman–Crippen MR) is 116 cm³/mol. The molecule has 0 unspecified atom stereocenters. The first-order chi connectivity index (χ1) is 14.2. The second-order valence-corrected chi connectivity index (χ2v) is 8.18. The van der Waals surface area contributed by atoms with Crippen LogP contribution in [0.4, 0.5) is 5.82 Å². The van der Waals surface area contributed by atoms with Crippen molar-refractivity contribution in [2.24, 2.45) is 0 Å². The number of rotatable bonds is 6. The van der Waals surface area contributed by atoms with Gasteiger partial charge in [-0.05, 0) is 63.5 Å². The van der Waals surface area contributed by atoms with Crippen molar-refractivity contribution in [3.63, 3.8) is 0 Å². The van der Waals surface area contributed by atoms with E-state index in [0.29, 0.717) is 12.4 Å². The van der Waals surface area contributed by atoms with Crippen LogP contribution in [0, 0.1) is 0 Å². The summed E-state index contributed by atoms with van der Waals surface area (Å²) in [5.41, 5.74) is 0.911. The summed E-state index contributed by atoms with van der Waals surface area (Å²) in [6.07, 6.45) is 3.80. The number of carbonyl (C=O) groups excluding carboxylic acids is 1. The van der Waals surface area contributed by atoms with Gasteiger partial charge >= 0.3 is 0 Å². The maximum atomic E-state index is 13.3. The molecule has 6 nitrogen and oxygen atoms in total. The number of benzene rings is 1. The smallest absolute Gasteiger partial charge is 0.269 e. The Morgan fingerprint density at radius 3 is 2.79 bits per heavy atom. The number of likely N-dealkylation sites (tertiary alicyclic amines) is 1. The summed E-state index contributed by atoms with van der Waals surface area (Å²) in [5.74, 6) is 1.53. The molecule has 1 saturated heterocycles. The number of anilines is 1. The summed E-state index contributed by atoms with van der Waals surface area (Å²) in [6, 6.07) is 13.7. The SMILES string of the molecule is CCOc1cccc(-n2ccc(N(C(=O)c3cccs3)C3CCN(C)CC3)n2)c1. The van der Waals surface area contributed by atoms with E-state index in [2.05, 4.69) is 11.9 Å². The topological polar surface area (TPSA) is 50.6 Å². The number of hydrogen-bond acceptors (Lipinski definition) is 5. The third-order valence-electron chi connectivity index (χ3n) is 5.22. The monoisotopic (exact) mass is 410 g/mol. The molecule has 0 saturated carbocycles. The molecule has 0 atom stereocenters. The summed E-state index contributed by atoms with van der Waals surface area (Å²) in [5, 5.41) is 6.71. The average Bonchev–Trinajstić information content (AvgIpc) is 3.43. The Morgan fingerprint density at radius 2 is 2.07 bits per heavy atom. The van der Waals surface area contributed by atoms with Crippen molar-refractivity contribution in [2.45, 2.75) is 25.8 Å². The molecule has 2 aromatic heterocycles. The first-order valence-electron chi connectivity index (χ1n) is 10.00. The Bertz CT molecular complexity index is 945. The van der Waals surface area contributed by atoms with Crippen LogP contribution in [-0.4, -0.2) is 53.4 Å². The van der Waals surface area contributed by atoms with Crippen LogP contribution in [-0.2, 0) is 0 Å². The van der Waals surface area contributed by atoms with Gasteiger partial charge in [-0.3, -0.25) is 9.69 Å². The maximum Gasteiger partial charge on any atom is 0.269 e. The molecule has 0 aliphatic carbocycles. The lowest BCUT2D eigenvalue weighted by Crippen LogP contribution is -2.47. The maximum absolute atomic E-state index is 13.3. The van der Waals surface area contributed by atoms with Crippen LogP contribution >= 0.6 is 11.3 Å². The Hall–Kier alpha value is -2.64. The average molecular weight is 411 g/mol. The normalized spacial score (nSPS) is 15.4. The molecule has 0 N–H and O–H groups in total. The van der Waals surface area contributed by atoms with Gasteiger partial charge in [0.25, 0.3) is 5.91 Å². The van der Waals surface area contributed by atoms with E-state index in [1.54, 1.807) is 0 Å². The summed E-state index contributed by atoms with van der Waals surface area (Å²) in [4.78, 5) is 18.3. The molecule has 0 radical (unpaired) electrons. The zero-order valence-corrected chi connectivity index (χ0v) is 17.6. The third-order valence-corrected chi connectivity index (χ3v) is 6.08. The summed E-state index contributed by atoms with van der Waals surface area (Å²) in [6.45, 7) is 4.55. The van der Waals surface area contributed by atoms with E-state index in [1.807, 2.05) is 70.5 Å². The van der Waals surface area contributed by atoms with E-state index < -0.39 is 0 Å². The number of thiophene rings is 1. The van der Waals surface area contributed by atoms with Crippen molar-refractivity contribution in [3.05, 3.63) is 58.9 Å². The van der Waals surface area contributed by atoms with Crippen LogP contribution in [0.5, 0.6) is 5.75 Å². The highest BCUT2D eigenvalue weighted by Crippen LogP contribution is 2.27. The van der Waals surface area contributed by atoms with Crippen molar-refractivity contribution < 1.29 is 9.53 Å². The Kier molecular flexibility index (Phi) is 5.97. The number of nitrogens with zero attached hydrogens (tertiary/aromatic N) is 4. The van der Waals surface area contributed by atoms with E-state index in [1.165, 1.54) is 11.3 Å². The van der Waals surface area contributed by atoms with E-state index >= 15 is 0 Å². The largest absolute Gasteiger partial charge is 0.494 e. The molecule has 3 aromatic rings. The fraction of sp³-hybridized carbons (Fsp3) is 0.364. The van der Waals surface area contributed by atoms with Gasteiger partial charge in [0.15, 0.2) is 5.82 Å². The van der Waals surface area contributed by atoms with Crippen LogP contribution in [0.25, 0.3) is 5.69 Å². The fourth-order valence-corrected chi connectivity index (χ4v) is 4.36. The molecule has 0 bridgehead atoms. The first-order valence-corrected chi connectivity index (χ1v) is 10.9. The highest BCUT2D eigenvalue weighted by Gasteiger charge is 2.31. The van der Waals surface area contributed by atoms with Gasteiger partial charge in [-0.2, -0.15) is 0 Å². The van der Waals surface area contributed by atoms with Gasteiger partial charge in [0, 0.05) is 24.4 Å². The molecule has 0 spiro atoms. The van der Waals surface area contributed by atoms with Gasteiger partial charge in [-0.25, -0.2) is 4.68 Å². The lowest BCUT2D eigenvalue weighted by atomic mass is 10.0. The lowest BCUT2D eigenvalue weighted by Gasteiger charge is -2.36. The highest BCUT2D eigenvalue weighted by atomic mass is 32.1. The molecule has 3 heterocycles.